The van der Waals surface area contributed by atoms with Gasteiger partial charge in [-0.1, -0.05) is 12.1 Å². The number of nitrogens with two attached hydrogens (primary N) is 1. The molecule has 1 aliphatic rings. The molecular formula is C13H19N3O. The van der Waals surface area contributed by atoms with Crippen LogP contribution in [0.5, 0.6) is 0 Å². The normalized spacial score (nSPS) is 18.6. The lowest BCUT2D eigenvalue weighted by Gasteiger charge is -2.36. The average molecular weight is 233 g/mol. The van der Waals surface area contributed by atoms with Gasteiger partial charge in [0.25, 0.3) is 5.91 Å². The van der Waals surface area contributed by atoms with Gasteiger partial charge in [-0.05, 0) is 45.0 Å². The highest BCUT2D eigenvalue weighted by atomic mass is 16.1. The van der Waals surface area contributed by atoms with Crippen LogP contribution in [-0.2, 0) is 0 Å². The summed E-state index contributed by atoms with van der Waals surface area (Å²) in [5, 5.41) is 6.80. The first kappa shape index (κ1) is 11.9. The number of primary amides is 1. The molecule has 1 saturated heterocycles. The van der Waals surface area contributed by atoms with E-state index in [0.29, 0.717) is 5.56 Å². The van der Waals surface area contributed by atoms with Gasteiger partial charge in [0, 0.05) is 11.2 Å². The summed E-state index contributed by atoms with van der Waals surface area (Å²) >= 11 is 0. The maximum Gasteiger partial charge on any atom is 0.250 e. The zero-order chi connectivity index (χ0) is 12.3. The number of hydrogen-bond donors (Lipinski definition) is 3. The molecule has 0 aromatic heterocycles. The number of hydrogen-bond acceptors (Lipinski definition) is 3. The van der Waals surface area contributed by atoms with Crippen molar-refractivity contribution >= 4 is 11.6 Å². The molecule has 4 N–H and O–H groups in total. The van der Waals surface area contributed by atoms with Crippen LogP contribution in [0.1, 0.15) is 30.1 Å². The summed E-state index contributed by atoms with van der Waals surface area (Å²) < 4.78 is 0. The quantitative estimate of drug-likeness (QED) is 0.738. The molecule has 0 unspecified atom stereocenters. The number of para-hydroxylation sites is 1. The Morgan fingerprint density at radius 2 is 2.00 bits per heavy atom. The zero-order valence-electron chi connectivity index (χ0n) is 10.1. The van der Waals surface area contributed by atoms with Crippen LogP contribution in [0.25, 0.3) is 0 Å². The molecule has 0 atom stereocenters. The van der Waals surface area contributed by atoms with Crippen molar-refractivity contribution in [2.45, 2.75) is 25.3 Å². The Morgan fingerprint density at radius 1 is 1.35 bits per heavy atom. The number of anilines is 1. The van der Waals surface area contributed by atoms with E-state index in [2.05, 4.69) is 17.6 Å². The summed E-state index contributed by atoms with van der Waals surface area (Å²) in [7, 11) is 0. The molecular weight excluding hydrogens is 214 g/mol. The van der Waals surface area contributed by atoms with E-state index in [-0.39, 0.29) is 11.4 Å². The Hall–Kier alpha value is -1.55. The summed E-state index contributed by atoms with van der Waals surface area (Å²) in [4.78, 5) is 11.3. The molecule has 92 valence electrons. The average Bonchev–Trinajstić information content (AvgIpc) is 2.29. The molecule has 1 heterocycles. The molecule has 0 saturated carbocycles. The van der Waals surface area contributed by atoms with Crippen LogP contribution < -0.4 is 16.4 Å². The van der Waals surface area contributed by atoms with Crippen molar-refractivity contribution in [1.82, 2.24) is 5.32 Å². The summed E-state index contributed by atoms with van der Waals surface area (Å²) in [6.07, 6.45) is 2.08. The fourth-order valence-electron chi connectivity index (χ4n) is 2.24. The van der Waals surface area contributed by atoms with Crippen LogP contribution in [-0.4, -0.2) is 24.5 Å². The van der Waals surface area contributed by atoms with Crippen molar-refractivity contribution in [3.63, 3.8) is 0 Å². The monoisotopic (exact) mass is 233 g/mol. The Kier molecular flexibility index (Phi) is 3.33. The summed E-state index contributed by atoms with van der Waals surface area (Å²) in [5.41, 5.74) is 6.81. The highest BCUT2D eigenvalue weighted by Gasteiger charge is 2.27. The SMILES string of the molecule is CC1(Nc2ccccc2C(N)=O)CCNCC1. The van der Waals surface area contributed by atoms with E-state index in [1.54, 1.807) is 6.07 Å². The maximum absolute atomic E-state index is 11.3. The van der Waals surface area contributed by atoms with E-state index < -0.39 is 0 Å². The molecule has 1 fully saturated rings. The lowest BCUT2D eigenvalue weighted by Crippen LogP contribution is -2.45. The van der Waals surface area contributed by atoms with Crippen LogP contribution in [0.15, 0.2) is 24.3 Å². The Morgan fingerprint density at radius 3 is 2.65 bits per heavy atom. The maximum atomic E-state index is 11.3. The van der Waals surface area contributed by atoms with Gasteiger partial charge in [-0.3, -0.25) is 4.79 Å². The third kappa shape index (κ3) is 2.77. The third-order valence-corrected chi connectivity index (χ3v) is 3.34. The van der Waals surface area contributed by atoms with Gasteiger partial charge >= 0.3 is 0 Å². The highest BCUT2D eigenvalue weighted by Crippen LogP contribution is 2.25. The number of piperidine rings is 1. The minimum atomic E-state index is -0.384. The van der Waals surface area contributed by atoms with Crippen molar-refractivity contribution in [2.24, 2.45) is 5.73 Å². The fourth-order valence-corrected chi connectivity index (χ4v) is 2.24. The first-order valence-electron chi connectivity index (χ1n) is 5.98. The topological polar surface area (TPSA) is 67.1 Å². The van der Waals surface area contributed by atoms with Gasteiger partial charge in [-0.15, -0.1) is 0 Å². The van der Waals surface area contributed by atoms with Gasteiger partial charge in [0.05, 0.1) is 5.56 Å². The van der Waals surface area contributed by atoms with E-state index in [9.17, 15) is 4.79 Å². The number of carbonyl (C=O) groups is 1. The standard InChI is InChI=1S/C13H19N3O/c1-13(6-8-15-9-7-13)16-11-5-3-2-4-10(11)12(14)17/h2-5,15-16H,6-9H2,1H3,(H2,14,17). The first-order valence-corrected chi connectivity index (χ1v) is 5.98. The van der Waals surface area contributed by atoms with Crippen molar-refractivity contribution in [1.29, 1.82) is 0 Å². The first-order chi connectivity index (χ1) is 8.11. The predicted molar refractivity (Wildman–Crippen MR) is 69.1 cm³/mol. The van der Waals surface area contributed by atoms with E-state index in [4.69, 9.17) is 5.73 Å². The van der Waals surface area contributed by atoms with Crippen LogP contribution in [0, 0.1) is 0 Å². The van der Waals surface area contributed by atoms with Crippen molar-refractivity contribution in [2.75, 3.05) is 18.4 Å². The molecule has 0 bridgehead atoms. The van der Waals surface area contributed by atoms with Crippen LogP contribution >= 0.6 is 0 Å². The second kappa shape index (κ2) is 4.75. The van der Waals surface area contributed by atoms with Gasteiger partial charge in [-0.25, -0.2) is 0 Å². The van der Waals surface area contributed by atoms with E-state index in [1.165, 1.54) is 0 Å². The summed E-state index contributed by atoms with van der Waals surface area (Å²) in [5.74, 6) is -0.384. The van der Waals surface area contributed by atoms with E-state index >= 15 is 0 Å². The minimum absolute atomic E-state index is 0.0385. The van der Waals surface area contributed by atoms with Gasteiger partial charge in [0.1, 0.15) is 0 Å². The molecule has 1 aliphatic heterocycles. The van der Waals surface area contributed by atoms with Crippen molar-refractivity contribution in [3.05, 3.63) is 29.8 Å². The Bertz CT molecular complexity index is 411. The highest BCUT2D eigenvalue weighted by molar-refractivity contribution is 5.98. The van der Waals surface area contributed by atoms with Crippen LogP contribution in [0.3, 0.4) is 0 Å². The van der Waals surface area contributed by atoms with Gasteiger partial charge < -0.3 is 16.4 Å². The van der Waals surface area contributed by atoms with Gasteiger partial charge in [0.2, 0.25) is 0 Å². The molecule has 4 heteroatoms. The van der Waals surface area contributed by atoms with Crippen molar-refractivity contribution in [3.8, 4) is 0 Å². The molecule has 4 nitrogen and oxygen atoms in total. The lowest BCUT2D eigenvalue weighted by molar-refractivity contribution is 0.100. The largest absolute Gasteiger partial charge is 0.379 e. The minimum Gasteiger partial charge on any atom is -0.379 e. The molecule has 1 aromatic rings. The molecule has 1 amide bonds. The third-order valence-electron chi connectivity index (χ3n) is 3.34. The summed E-state index contributed by atoms with van der Waals surface area (Å²) in [6, 6.07) is 7.41. The zero-order valence-corrected chi connectivity index (χ0v) is 10.1. The number of benzene rings is 1. The van der Waals surface area contributed by atoms with Crippen molar-refractivity contribution < 1.29 is 4.79 Å². The van der Waals surface area contributed by atoms with Crippen LogP contribution in [0.4, 0.5) is 5.69 Å². The number of rotatable bonds is 3. The lowest BCUT2D eigenvalue weighted by atomic mass is 9.90. The smallest absolute Gasteiger partial charge is 0.250 e. The molecule has 0 aliphatic carbocycles. The van der Waals surface area contributed by atoms with Gasteiger partial charge in [0.15, 0.2) is 0 Å². The molecule has 1 aromatic carbocycles. The molecule has 2 rings (SSSR count). The molecule has 0 radical (unpaired) electrons. The fraction of sp³-hybridized carbons (Fsp3) is 0.462. The number of carbonyl (C=O) groups excluding carboxylic acids is 1. The second-order valence-electron chi connectivity index (χ2n) is 4.85. The second-order valence-corrected chi connectivity index (χ2v) is 4.85. The summed E-state index contributed by atoms with van der Waals surface area (Å²) in [6.45, 7) is 4.19. The number of amides is 1. The molecule has 0 spiro atoms. The van der Waals surface area contributed by atoms with Crippen LogP contribution in [0.2, 0.25) is 0 Å². The van der Waals surface area contributed by atoms with Gasteiger partial charge in [-0.2, -0.15) is 0 Å². The Balaban J connectivity index is 2.20. The Labute approximate surface area is 102 Å². The van der Waals surface area contributed by atoms with E-state index in [0.717, 1.165) is 31.6 Å². The number of nitrogens with one attached hydrogen (secondary N) is 2. The predicted octanol–water partition coefficient (Wildman–Crippen LogP) is 1.34. The van der Waals surface area contributed by atoms with E-state index in [1.807, 2.05) is 18.2 Å². The molecule has 17 heavy (non-hydrogen) atoms.